The second-order valence-electron chi connectivity index (χ2n) is 8.15. The lowest BCUT2D eigenvalue weighted by molar-refractivity contribution is 0.0949. The third-order valence-electron chi connectivity index (χ3n) is 5.64. The van der Waals surface area contributed by atoms with Gasteiger partial charge in [0.05, 0.1) is 10.0 Å². The molecule has 0 unspecified atom stereocenters. The van der Waals surface area contributed by atoms with Crippen molar-refractivity contribution in [3.63, 3.8) is 0 Å². The number of hydrogen-bond donors (Lipinski definition) is 2. The molecule has 0 fully saturated rings. The Hall–Kier alpha value is -2.86. The Morgan fingerprint density at radius 2 is 1.75 bits per heavy atom. The van der Waals surface area contributed by atoms with Gasteiger partial charge in [0.25, 0.3) is 5.91 Å². The molecule has 164 valence electrons. The summed E-state index contributed by atoms with van der Waals surface area (Å²) in [5.41, 5.74) is 12.2. The molecule has 5 nitrogen and oxygen atoms in total. The van der Waals surface area contributed by atoms with Crippen LogP contribution in [0, 0.1) is 0 Å². The lowest BCUT2D eigenvalue weighted by Gasteiger charge is -2.12. The van der Waals surface area contributed by atoms with Gasteiger partial charge in [-0.25, -0.2) is 0 Å². The lowest BCUT2D eigenvalue weighted by Crippen LogP contribution is -2.31. The van der Waals surface area contributed by atoms with Crippen LogP contribution >= 0.6 is 23.2 Å². The number of nitrogens with two attached hydrogens (primary N) is 1. The number of hydrogen-bond acceptors (Lipinski definition) is 3. The normalized spacial score (nSPS) is 11.9. The fraction of sp³-hybridized carbons (Fsp3) is 0.200. The molecule has 4 rings (SSSR count). The van der Waals surface area contributed by atoms with E-state index in [0.29, 0.717) is 34.1 Å². The van der Waals surface area contributed by atoms with Crippen molar-refractivity contribution in [1.29, 1.82) is 0 Å². The number of primary amides is 1. The van der Waals surface area contributed by atoms with Crippen LogP contribution in [0.1, 0.15) is 31.8 Å². The fourth-order valence-electron chi connectivity index (χ4n) is 3.97. The van der Waals surface area contributed by atoms with E-state index in [9.17, 15) is 9.59 Å². The van der Waals surface area contributed by atoms with Crippen molar-refractivity contribution in [2.75, 3.05) is 27.2 Å². The van der Waals surface area contributed by atoms with E-state index >= 15 is 0 Å². The number of carbonyl (C=O) groups is 2. The van der Waals surface area contributed by atoms with Crippen LogP contribution in [0.15, 0.2) is 48.5 Å². The number of amides is 2. The highest BCUT2D eigenvalue weighted by atomic mass is 35.5. The smallest absolute Gasteiger partial charge is 0.251 e. The van der Waals surface area contributed by atoms with Crippen molar-refractivity contribution >= 4 is 35.0 Å². The highest BCUT2D eigenvalue weighted by Gasteiger charge is 2.25. The number of carbonyl (C=O) groups excluding carboxylic acids is 2. The Balaban J connectivity index is 1.76. The van der Waals surface area contributed by atoms with Gasteiger partial charge >= 0.3 is 0 Å². The first kappa shape index (κ1) is 22.3. The van der Waals surface area contributed by atoms with Crippen LogP contribution in [-0.4, -0.2) is 43.9 Å². The Morgan fingerprint density at radius 1 is 0.969 bits per heavy atom. The summed E-state index contributed by atoms with van der Waals surface area (Å²) in [6.45, 7) is 1.32. The van der Waals surface area contributed by atoms with Crippen molar-refractivity contribution in [2.45, 2.75) is 6.42 Å². The zero-order valence-corrected chi connectivity index (χ0v) is 19.3. The second kappa shape index (κ2) is 8.94. The molecular formula is C25H23Cl2N3O2. The molecule has 0 saturated heterocycles. The maximum Gasteiger partial charge on any atom is 0.251 e. The summed E-state index contributed by atoms with van der Waals surface area (Å²) >= 11 is 12.3. The summed E-state index contributed by atoms with van der Waals surface area (Å²) in [6, 6.07) is 14.8. The van der Waals surface area contributed by atoms with E-state index in [1.807, 2.05) is 49.3 Å². The molecular weight excluding hydrogens is 445 g/mol. The van der Waals surface area contributed by atoms with E-state index in [1.165, 1.54) is 0 Å². The first-order valence-corrected chi connectivity index (χ1v) is 11.0. The molecule has 0 aromatic heterocycles. The molecule has 3 N–H and O–H groups in total. The summed E-state index contributed by atoms with van der Waals surface area (Å²) in [7, 11) is 3.92. The van der Waals surface area contributed by atoms with Crippen molar-refractivity contribution in [3.8, 4) is 22.3 Å². The van der Waals surface area contributed by atoms with Crippen LogP contribution in [0.25, 0.3) is 22.3 Å². The topological polar surface area (TPSA) is 75.4 Å². The van der Waals surface area contributed by atoms with Crippen LogP contribution < -0.4 is 11.1 Å². The van der Waals surface area contributed by atoms with Crippen molar-refractivity contribution in [2.24, 2.45) is 5.73 Å². The first-order valence-electron chi connectivity index (χ1n) is 10.2. The average molecular weight is 468 g/mol. The van der Waals surface area contributed by atoms with Crippen molar-refractivity contribution in [3.05, 3.63) is 80.8 Å². The van der Waals surface area contributed by atoms with E-state index in [1.54, 1.807) is 18.2 Å². The van der Waals surface area contributed by atoms with Gasteiger partial charge in [-0.15, -0.1) is 0 Å². The summed E-state index contributed by atoms with van der Waals surface area (Å²) in [6.07, 6.45) is 0.590. The van der Waals surface area contributed by atoms with Gasteiger partial charge in [-0.1, -0.05) is 35.3 Å². The van der Waals surface area contributed by atoms with Crippen LogP contribution in [0.3, 0.4) is 0 Å². The van der Waals surface area contributed by atoms with E-state index in [-0.39, 0.29) is 5.91 Å². The number of halogens is 2. The van der Waals surface area contributed by atoms with E-state index in [0.717, 1.165) is 39.9 Å². The van der Waals surface area contributed by atoms with Crippen LogP contribution in [0.5, 0.6) is 0 Å². The number of benzene rings is 3. The van der Waals surface area contributed by atoms with Gasteiger partial charge in [0.15, 0.2) is 0 Å². The molecule has 1 aliphatic rings. The standard InChI is InChI=1S/C25H23Cl2N3O2/c1-30(2)8-7-29-25(32)16-4-3-15-9-20-19(18(15)10-16)11-17(12-21(20)24(28)31)14-5-6-22(26)23(27)13-14/h3-6,10-13H,7-9H2,1-2H3,(H2,28,31)(H,29,32). The molecule has 1 aliphatic carbocycles. The molecule has 0 bridgehead atoms. The number of likely N-dealkylation sites (N-methyl/N-ethyl adjacent to an activating group) is 1. The van der Waals surface area contributed by atoms with Gasteiger partial charge in [0, 0.05) is 24.2 Å². The molecule has 0 spiro atoms. The maximum atomic E-state index is 12.6. The maximum absolute atomic E-state index is 12.6. The molecule has 0 atom stereocenters. The number of nitrogens with one attached hydrogen (secondary N) is 1. The molecule has 3 aromatic carbocycles. The zero-order chi connectivity index (χ0) is 23.0. The molecule has 0 aliphatic heterocycles. The highest BCUT2D eigenvalue weighted by Crippen LogP contribution is 2.42. The summed E-state index contributed by atoms with van der Waals surface area (Å²) in [5, 5.41) is 3.83. The van der Waals surface area contributed by atoms with Crippen molar-refractivity contribution in [1.82, 2.24) is 10.2 Å². The third kappa shape index (κ3) is 4.37. The first-order chi connectivity index (χ1) is 15.2. The van der Waals surface area contributed by atoms with Gasteiger partial charge in [0.2, 0.25) is 5.91 Å². The SMILES string of the molecule is CN(C)CCNC(=O)c1ccc2c(c1)-c1cc(-c3ccc(Cl)c(Cl)c3)cc(C(N)=O)c1C2. The van der Waals surface area contributed by atoms with Crippen molar-refractivity contribution < 1.29 is 9.59 Å². The Bertz CT molecular complexity index is 1240. The van der Waals surface area contributed by atoms with Gasteiger partial charge in [-0.2, -0.15) is 0 Å². The molecule has 0 saturated carbocycles. The lowest BCUT2D eigenvalue weighted by atomic mass is 9.93. The molecule has 3 aromatic rings. The predicted molar refractivity (Wildman–Crippen MR) is 130 cm³/mol. The van der Waals surface area contributed by atoms with Crippen LogP contribution in [0.4, 0.5) is 0 Å². The fourth-order valence-corrected chi connectivity index (χ4v) is 4.27. The largest absolute Gasteiger partial charge is 0.366 e. The van der Waals surface area contributed by atoms with E-state index in [4.69, 9.17) is 28.9 Å². The van der Waals surface area contributed by atoms with E-state index in [2.05, 4.69) is 5.32 Å². The minimum Gasteiger partial charge on any atom is -0.366 e. The average Bonchev–Trinajstić information content (AvgIpc) is 3.12. The Kier molecular flexibility index (Phi) is 6.24. The Labute approximate surface area is 197 Å². The highest BCUT2D eigenvalue weighted by molar-refractivity contribution is 6.42. The third-order valence-corrected chi connectivity index (χ3v) is 6.38. The van der Waals surface area contributed by atoms with Gasteiger partial charge in [-0.3, -0.25) is 9.59 Å². The van der Waals surface area contributed by atoms with Crippen LogP contribution in [-0.2, 0) is 6.42 Å². The van der Waals surface area contributed by atoms with E-state index < -0.39 is 5.91 Å². The molecule has 2 amide bonds. The summed E-state index contributed by atoms with van der Waals surface area (Å²) < 4.78 is 0. The summed E-state index contributed by atoms with van der Waals surface area (Å²) in [5.74, 6) is -0.614. The minimum absolute atomic E-state index is 0.126. The van der Waals surface area contributed by atoms with Gasteiger partial charge < -0.3 is 16.0 Å². The molecule has 32 heavy (non-hydrogen) atoms. The second-order valence-corrected chi connectivity index (χ2v) is 8.97. The quantitative estimate of drug-likeness (QED) is 0.434. The molecule has 0 radical (unpaired) electrons. The number of rotatable bonds is 6. The minimum atomic E-state index is -0.488. The number of fused-ring (bicyclic) bond motifs is 3. The summed E-state index contributed by atoms with van der Waals surface area (Å²) in [4.78, 5) is 26.9. The molecule has 7 heteroatoms. The number of nitrogens with zero attached hydrogens (tertiary/aromatic N) is 1. The zero-order valence-electron chi connectivity index (χ0n) is 17.8. The van der Waals surface area contributed by atoms with Gasteiger partial charge in [0.1, 0.15) is 0 Å². The Morgan fingerprint density at radius 3 is 2.44 bits per heavy atom. The predicted octanol–water partition coefficient (Wildman–Crippen LogP) is 4.62. The van der Waals surface area contributed by atoms with Crippen LogP contribution in [0.2, 0.25) is 10.0 Å². The monoisotopic (exact) mass is 467 g/mol. The molecule has 0 heterocycles. The van der Waals surface area contributed by atoms with Gasteiger partial charge in [-0.05, 0) is 90.3 Å².